The van der Waals surface area contributed by atoms with Crippen LogP contribution < -0.4 is 14.8 Å². The zero-order valence-electron chi connectivity index (χ0n) is 13.6. The number of nitrogens with one attached hydrogen (secondary N) is 1. The van der Waals surface area contributed by atoms with Gasteiger partial charge in [-0.1, -0.05) is 6.07 Å². The van der Waals surface area contributed by atoms with Crippen LogP contribution in [-0.4, -0.2) is 32.0 Å². The van der Waals surface area contributed by atoms with Crippen molar-refractivity contribution < 1.29 is 14.2 Å². The molecular formula is C17H27NO3. The van der Waals surface area contributed by atoms with Crippen molar-refractivity contribution in [3.63, 3.8) is 0 Å². The third-order valence-corrected chi connectivity index (χ3v) is 3.53. The smallest absolute Gasteiger partial charge is 0.127 e. The van der Waals surface area contributed by atoms with Gasteiger partial charge in [-0.05, 0) is 39.7 Å². The van der Waals surface area contributed by atoms with Crippen LogP contribution in [0.1, 0.15) is 39.2 Å². The Balaban J connectivity index is 2.03. The first-order chi connectivity index (χ1) is 9.98. The fraction of sp³-hybridized carbons (Fsp3) is 0.647. The maximum atomic E-state index is 5.98. The average Bonchev–Trinajstić information content (AvgIpc) is 2.95. The minimum atomic E-state index is 0.0752. The van der Waals surface area contributed by atoms with E-state index in [1.807, 2.05) is 12.1 Å². The number of rotatable bonds is 6. The molecule has 1 saturated heterocycles. The second-order valence-electron chi connectivity index (χ2n) is 6.52. The van der Waals surface area contributed by atoms with E-state index in [0.717, 1.165) is 43.1 Å². The van der Waals surface area contributed by atoms with E-state index in [0.29, 0.717) is 6.61 Å². The van der Waals surface area contributed by atoms with Crippen molar-refractivity contribution in [2.24, 2.45) is 0 Å². The van der Waals surface area contributed by atoms with Crippen molar-refractivity contribution in [3.05, 3.63) is 23.8 Å². The third-order valence-electron chi connectivity index (χ3n) is 3.53. The molecule has 0 aliphatic carbocycles. The Morgan fingerprint density at radius 3 is 2.76 bits per heavy atom. The van der Waals surface area contributed by atoms with Crippen molar-refractivity contribution in [2.45, 2.75) is 51.8 Å². The highest BCUT2D eigenvalue weighted by atomic mass is 16.5. The van der Waals surface area contributed by atoms with Crippen molar-refractivity contribution in [1.82, 2.24) is 5.32 Å². The number of hydrogen-bond donors (Lipinski definition) is 1. The molecule has 4 nitrogen and oxygen atoms in total. The van der Waals surface area contributed by atoms with E-state index >= 15 is 0 Å². The topological polar surface area (TPSA) is 39.7 Å². The van der Waals surface area contributed by atoms with Gasteiger partial charge in [0.15, 0.2) is 0 Å². The molecule has 0 spiro atoms. The van der Waals surface area contributed by atoms with Crippen LogP contribution in [0.5, 0.6) is 11.5 Å². The Morgan fingerprint density at radius 2 is 2.14 bits per heavy atom. The van der Waals surface area contributed by atoms with Crippen molar-refractivity contribution in [1.29, 1.82) is 0 Å². The summed E-state index contributed by atoms with van der Waals surface area (Å²) in [5.41, 5.74) is 1.22. The van der Waals surface area contributed by atoms with E-state index in [2.05, 4.69) is 32.2 Å². The summed E-state index contributed by atoms with van der Waals surface area (Å²) in [7, 11) is 1.67. The molecule has 1 unspecified atom stereocenters. The van der Waals surface area contributed by atoms with Gasteiger partial charge in [0.25, 0.3) is 0 Å². The van der Waals surface area contributed by atoms with Crippen LogP contribution in [0.3, 0.4) is 0 Å². The zero-order chi connectivity index (χ0) is 15.3. The van der Waals surface area contributed by atoms with Crippen LogP contribution in [0.15, 0.2) is 18.2 Å². The molecule has 1 aliphatic rings. The second kappa shape index (κ2) is 7.14. The SMILES string of the molecule is COc1ccc(CNC(C)(C)C)c(OCC2CCCO2)c1. The van der Waals surface area contributed by atoms with Crippen molar-refractivity contribution >= 4 is 0 Å². The minimum absolute atomic E-state index is 0.0752. The fourth-order valence-corrected chi connectivity index (χ4v) is 2.26. The van der Waals surface area contributed by atoms with Gasteiger partial charge in [-0.15, -0.1) is 0 Å². The standard InChI is InChI=1S/C17H27NO3/c1-17(2,3)18-11-13-7-8-14(19-4)10-16(13)21-12-15-6-5-9-20-15/h7-8,10,15,18H,5-6,9,11-12H2,1-4H3. The number of benzene rings is 1. The monoisotopic (exact) mass is 293 g/mol. The lowest BCUT2D eigenvalue weighted by Gasteiger charge is -2.22. The van der Waals surface area contributed by atoms with E-state index in [1.54, 1.807) is 7.11 Å². The summed E-state index contributed by atoms with van der Waals surface area (Å²) in [4.78, 5) is 0. The summed E-state index contributed by atoms with van der Waals surface area (Å²) in [6.45, 7) is 8.70. The molecule has 4 heteroatoms. The van der Waals surface area contributed by atoms with Crippen LogP contribution in [0.25, 0.3) is 0 Å². The first kappa shape index (κ1) is 16.1. The Morgan fingerprint density at radius 1 is 1.33 bits per heavy atom. The van der Waals surface area contributed by atoms with E-state index < -0.39 is 0 Å². The van der Waals surface area contributed by atoms with Gasteiger partial charge in [0, 0.05) is 30.3 Å². The van der Waals surface area contributed by atoms with Gasteiger partial charge in [-0.2, -0.15) is 0 Å². The van der Waals surface area contributed by atoms with Gasteiger partial charge in [0.05, 0.1) is 13.2 Å². The fourth-order valence-electron chi connectivity index (χ4n) is 2.26. The van der Waals surface area contributed by atoms with E-state index in [1.165, 1.54) is 0 Å². The van der Waals surface area contributed by atoms with Crippen LogP contribution in [-0.2, 0) is 11.3 Å². The van der Waals surface area contributed by atoms with Gasteiger partial charge in [-0.3, -0.25) is 0 Å². The normalized spacial score (nSPS) is 18.8. The predicted molar refractivity (Wildman–Crippen MR) is 84.1 cm³/mol. The molecule has 0 aromatic heterocycles. The van der Waals surface area contributed by atoms with Gasteiger partial charge in [-0.25, -0.2) is 0 Å². The lowest BCUT2D eigenvalue weighted by Crippen LogP contribution is -2.35. The highest BCUT2D eigenvalue weighted by molar-refractivity contribution is 5.40. The Labute approximate surface area is 127 Å². The maximum Gasteiger partial charge on any atom is 0.127 e. The summed E-state index contributed by atoms with van der Waals surface area (Å²) in [5, 5.41) is 3.49. The van der Waals surface area contributed by atoms with Crippen molar-refractivity contribution in [2.75, 3.05) is 20.3 Å². The average molecular weight is 293 g/mol. The minimum Gasteiger partial charge on any atom is -0.497 e. The van der Waals surface area contributed by atoms with Crippen LogP contribution >= 0.6 is 0 Å². The highest BCUT2D eigenvalue weighted by Crippen LogP contribution is 2.26. The molecule has 118 valence electrons. The summed E-state index contributed by atoms with van der Waals surface area (Å²) in [6.07, 6.45) is 2.43. The van der Waals surface area contributed by atoms with Crippen LogP contribution in [0.4, 0.5) is 0 Å². The predicted octanol–water partition coefficient (Wildman–Crippen LogP) is 3.14. The number of methoxy groups -OCH3 is 1. The first-order valence-electron chi connectivity index (χ1n) is 7.64. The molecule has 0 amide bonds. The van der Waals surface area contributed by atoms with Crippen LogP contribution in [0, 0.1) is 0 Å². The molecule has 1 aliphatic heterocycles. The summed E-state index contributed by atoms with van der Waals surface area (Å²) in [6, 6.07) is 5.98. The Kier molecular flexibility index (Phi) is 5.48. The Hall–Kier alpha value is -1.26. The van der Waals surface area contributed by atoms with E-state index in [4.69, 9.17) is 14.2 Å². The molecule has 1 aromatic rings. The van der Waals surface area contributed by atoms with Gasteiger partial charge in [0.1, 0.15) is 18.1 Å². The molecule has 1 aromatic carbocycles. The highest BCUT2D eigenvalue weighted by Gasteiger charge is 2.17. The number of ether oxygens (including phenoxy) is 3. The molecular weight excluding hydrogens is 266 g/mol. The molecule has 21 heavy (non-hydrogen) atoms. The summed E-state index contributed by atoms with van der Waals surface area (Å²) >= 11 is 0. The first-order valence-corrected chi connectivity index (χ1v) is 7.64. The van der Waals surface area contributed by atoms with Gasteiger partial charge >= 0.3 is 0 Å². The summed E-state index contributed by atoms with van der Waals surface area (Å²) < 4.78 is 16.9. The molecule has 1 atom stereocenters. The number of hydrogen-bond acceptors (Lipinski definition) is 4. The van der Waals surface area contributed by atoms with Crippen molar-refractivity contribution in [3.8, 4) is 11.5 Å². The zero-order valence-corrected chi connectivity index (χ0v) is 13.6. The Bertz CT molecular complexity index is 448. The lowest BCUT2D eigenvalue weighted by atomic mass is 10.1. The maximum absolute atomic E-state index is 5.98. The van der Waals surface area contributed by atoms with Gasteiger partial charge < -0.3 is 19.5 Å². The lowest BCUT2D eigenvalue weighted by molar-refractivity contribution is 0.0674. The summed E-state index contributed by atoms with van der Waals surface area (Å²) in [5.74, 6) is 1.69. The van der Waals surface area contributed by atoms with E-state index in [-0.39, 0.29) is 11.6 Å². The molecule has 0 bridgehead atoms. The van der Waals surface area contributed by atoms with Gasteiger partial charge in [0.2, 0.25) is 0 Å². The second-order valence-corrected chi connectivity index (χ2v) is 6.52. The van der Waals surface area contributed by atoms with Crippen LogP contribution in [0.2, 0.25) is 0 Å². The quantitative estimate of drug-likeness (QED) is 0.874. The molecule has 1 fully saturated rings. The molecule has 0 saturated carbocycles. The molecule has 0 radical (unpaired) electrons. The third kappa shape index (κ3) is 5.21. The molecule has 1 heterocycles. The molecule has 2 rings (SSSR count). The van der Waals surface area contributed by atoms with E-state index in [9.17, 15) is 0 Å². The molecule has 1 N–H and O–H groups in total. The largest absolute Gasteiger partial charge is 0.497 e.